The smallest absolute Gasteiger partial charge is 0.243 e. The number of aryl methyl sites for hydroxylation is 2. The number of carbonyl (C=O) groups is 2. The first-order valence-electron chi connectivity index (χ1n) is 7.74. The van der Waals surface area contributed by atoms with Gasteiger partial charge in [0.15, 0.2) is 0 Å². The van der Waals surface area contributed by atoms with Crippen LogP contribution in [0.1, 0.15) is 24.6 Å². The van der Waals surface area contributed by atoms with Crippen molar-refractivity contribution in [3.8, 4) is 0 Å². The first-order valence-corrected chi connectivity index (χ1v) is 7.74. The molecule has 3 rings (SSSR count). The number of anilines is 1. The summed E-state index contributed by atoms with van der Waals surface area (Å²) in [6, 6.07) is 11.0. The van der Waals surface area contributed by atoms with Crippen molar-refractivity contribution in [1.29, 1.82) is 0 Å². The minimum Gasteiger partial charge on any atom is -0.350 e. The number of nitrogens with one attached hydrogen (secondary N) is 1. The van der Waals surface area contributed by atoms with Crippen LogP contribution in [0.5, 0.6) is 0 Å². The van der Waals surface area contributed by atoms with E-state index in [9.17, 15) is 9.59 Å². The number of carbonyl (C=O) groups excluding carboxylic acids is 2. The zero-order chi connectivity index (χ0) is 16.4. The van der Waals surface area contributed by atoms with Gasteiger partial charge in [0.05, 0.1) is 12.2 Å². The van der Waals surface area contributed by atoms with Crippen molar-refractivity contribution in [2.75, 3.05) is 4.90 Å². The van der Waals surface area contributed by atoms with Gasteiger partial charge in [-0.25, -0.2) is 4.68 Å². The average Bonchev–Trinajstić information content (AvgIpc) is 2.93. The number of hydrogen-bond acceptors (Lipinski definition) is 3. The molecule has 1 atom stereocenters. The Balaban J connectivity index is 1.73. The molecule has 0 saturated carbocycles. The molecule has 1 aromatic carbocycles. The molecule has 0 unspecified atom stereocenters. The van der Waals surface area contributed by atoms with Crippen LogP contribution in [0, 0.1) is 6.92 Å². The van der Waals surface area contributed by atoms with Crippen LogP contribution >= 0.6 is 0 Å². The molecule has 0 bridgehead atoms. The van der Waals surface area contributed by atoms with Crippen molar-refractivity contribution >= 4 is 17.6 Å². The Hall–Kier alpha value is -2.63. The van der Waals surface area contributed by atoms with Crippen molar-refractivity contribution in [2.45, 2.75) is 39.4 Å². The van der Waals surface area contributed by atoms with Gasteiger partial charge in [0.2, 0.25) is 11.8 Å². The summed E-state index contributed by atoms with van der Waals surface area (Å²) in [7, 11) is 0. The van der Waals surface area contributed by atoms with Crippen LogP contribution in [0.4, 0.5) is 5.82 Å². The fraction of sp³-hybridized carbons (Fsp3) is 0.353. The summed E-state index contributed by atoms with van der Waals surface area (Å²) >= 11 is 0. The summed E-state index contributed by atoms with van der Waals surface area (Å²) in [5.74, 6) is 0.482. The highest BCUT2D eigenvalue weighted by Gasteiger charge is 2.32. The third-order valence-corrected chi connectivity index (χ3v) is 4.01. The Morgan fingerprint density at radius 1 is 1.35 bits per heavy atom. The van der Waals surface area contributed by atoms with Crippen LogP contribution in [0.3, 0.4) is 0 Å². The van der Waals surface area contributed by atoms with Crippen LogP contribution in [-0.4, -0.2) is 27.6 Å². The summed E-state index contributed by atoms with van der Waals surface area (Å²) < 4.78 is 1.79. The molecule has 120 valence electrons. The van der Waals surface area contributed by atoms with Gasteiger partial charge in [-0.15, -0.1) is 0 Å². The largest absolute Gasteiger partial charge is 0.350 e. The van der Waals surface area contributed by atoms with Crippen LogP contribution < -0.4 is 10.2 Å². The fourth-order valence-corrected chi connectivity index (χ4v) is 2.80. The van der Waals surface area contributed by atoms with Gasteiger partial charge < -0.3 is 5.32 Å². The van der Waals surface area contributed by atoms with E-state index >= 15 is 0 Å². The lowest BCUT2D eigenvalue weighted by Crippen LogP contribution is -2.50. The van der Waals surface area contributed by atoms with E-state index in [1.165, 1.54) is 0 Å². The quantitative estimate of drug-likeness (QED) is 0.933. The number of fused-ring (bicyclic) bond motifs is 1. The van der Waals surface area contributed by atoms with Crippen LogP contribution in [0.25, 0.3) is 0 Å². The minimum absolute atomic E-state index is 0.0419. The van der Waals surface area contributed by atoms with Crippen molar-refractivity contribution in [1.82, 2.24) is 15.1 Å². The summed E-state index contributed by atoms with van der Waals surface area (Å²) in [4.78, 5) is 26.3. The number of nitrogens with zero attached hydrogens (tertiary/aromatic N) is 3. The van der Waals surface area contributed by atoms with Gasteiger partial charge in [0.1, 0.15) is 11.9 Å². The van der Waals surface area contributed by atoms with Gasteiger partial charge in [0.25, 0.3) is 0 Å². The molecule has 2 aromatic rings. The Morgan fingerprint density at radius 3 is 2.83 bits per heavy atom. The molecule has 0 fully saturated rings. The van der Waals surface area contributed by atoms with E-state index in [1.807, 2.05) is 43.3 Å². The maximum absolute atomic E-state index is 12.4. The lowest BCUT2D eigenvalue weighted by atomic mass is 10.2. The molecule has 0 aliphatic carbocycles. The zero-order valence-corrected chi connectivity index (χ0v) is 13.3. The summed E-state index contributed by atoms with van der Waals surface area (Å²) in [5.41, 5.74) is 1.87. The topological polar surface area (TPSA) is 67.2 Å². The first kappa shape index (κ1) is 15.3. The minimum atomic E-state index is -0.568. The predicted octanol–water partition coefficient (Wildman–Crippen LogP) is 1.63. The van der Waals surface area contributed by atoms with Crippen LogP contribution in [0.15, 0.2) is 36.4 Å². The third kappa shape index (κ3) is 3.11. The highest BCUT2D eigenvalue weighted by molar-refractivity contribution is 6.00. The molecule has 2 amide bonds. The highest BCUT2D eigenvalue weighted by atomic mass is 16.2. The highest BCUT2D eigenvalue weighted by Crippen LogP contribution is 2.24. The Labute approximate surface area is 135 Å². The first-order chi connectivity index (χ1) is 11.1. The summed E-state index contributed by atoms with van der Waals surface area (Å²) in [5, 5.41) is 7.25. The molecule has 0 saturated heterocycles. The van der Waals surface area contributed by atoms with E-state index in [-0.39, 0.29) is 11.8 Å². The monoisotopic (exact) mass is 312 g/mol. The van der Waals surface area contributed by atoms with Crippen LogP contribution in [0.2, 0.25) is 0 Å². The third-order valence-electron chi connectivity index (χ3n) is 4.01. The van der Waals surface area contributed by atoms with Gasteiger partial charge in [0, 0.05) is 19.0 Å². The molecule has 1 aromatic heterocycles. The van der Waals surface area contributed by atoms with E-state index in [0.29, 0.717) is 25.3 Å². The van der Waals surface area contributed by atoms with Crippen molar-refractivity contribution in [2.24, 2.45) is 0 Å². The molecule has 2 heterocycles. The van der Waals surface area contributed by atoms with Gasteiger partial charge in [-0.2, -0.15) is 5.10 Å². The van der Waals surface area contributed by atoms with E-state index in [2.05, 4.69) is 10.4 Å². The molecular formula is C17H20N4O2. The number of hydrogen-bond donors (Lipinski definition) is 1. The Bertz CT molecular complexity index is 723. The number of benzene rings is 1. The van der Waals surface area contributed by atoms with Crippen molar-refractivity contribution in [3.05, 3.63) is 47.7 Å². The molecule has 23 heavy (non-hydrogen) atoms. The van der Waals surface area contributed by atoms with Gasteiger partial charge in [-0.1, -0.05) is 30.3 Å². The Morgan fingerprint density at radius 2 is 2.09 bits per heavy atom. The SMILES string of the molecule is Cc1cc2n(n1)CCC(=O)N2[C@@H](C)C(=O)NCc1ccccc1. The second kappa shape index (κ2) is 6.24. The number of aromatic nitrogens is 2. The maximum atomic E-state index is 12.4. The molecule has 1 aliphatic heterocycles. The van der Waals surface area contributed by atoms with E-state index < -0.39 is 6.04 Å². The molecule has 0 radical (unpaired) electrons. The molecule has 1 N–H and O–H groups in total. The molecule has 0 spiro atoms. The van der Waals surface area contributed by atoms with E-state index in [1.54, 1.807) is 16.5 Å². The van der Waals surface area contributed by atoms with Crippen LogP contribution in [-0.2, 0) is 22.7 Å². The number of rotatable bonds is 4. The van der Waals surface area contributed by atoms with Crippen molar-refractivity contribution in [3.63, 3.8) is 0 Å². The van der Waals surface area contributed by atoms with E-state index in [0.717, 1.165) is 11.3 Å². The maximum Gasteiger partial charge on any atom is 0.243 e. The second-order valence-electron chi connectivity index (χ2n) is 5.76. The average molecular weight is 312 g/mol. The van der Waals surface area contributed by atoms with E-state index in [4.69, 9.17) is 0 Å². The van der Waals surface area contributed by atoms with Gasteiger partial charge in [-0.05, 0) is 19.4 Å². The molecule has 6 nitrogen and oxygen atoms in total. The number of amides is 2. The second-order valence-corrected chi connectivity index (χ2v) is 5.76. The summed E-state index contributed by atoms with van der Waals surface area (Å²) in [6.45, 7) is 4.64. The lowest BCUT2D eigenvalue weighted by molar-refractivity contribution is -0.126. The summed E-state index contributed by atoms with van der Waals surface area (Å²) in [6.07, 6.45) is 0.366. The molecular weight excluding hydrogens is 292 g/mol. The molecule has 6 heteroatoms. The van der Waals surface area contributed by atoms with Gasteiger partial charge >= 0.3 is 0 Å². The normalized spacial score (nSPS) is 15.2. The predicted molar refractivity (Wildman–Crippen MR) is 86.8 cm³/mol. The Kier molecular flexibility index (Phi) is 4.14. The van der Waals surface area contributed by atoms with Crippen molar-refractivity contribution < 1.29 is 9.59 Å². The lowest BCUT2D eigenvalue weighted by Gasteiger charge is -2.31. The van der Waals surface area contributed by atoms with Gasteiger partial charge in [-0.3, -0.25) is 14.5 Å². The fourth-order valence-electron chi connectivity index (χ4n) is 2.80. The standard InChI is InChI=1S/C17H20N4O2/c1-12-10-15-20(19-12)9-8-16(22)21(15)13(2)17(23)18-11-14-6-4-3-5-7-14/h3-7,10,13H,8-9,11H2,1-2H3,(H,18,23)/t13-/m0/s1. The zero-order valence-electron chi connectivity index (χ0n) is 13.3. The molecule has 1 aliphatic rings.